The van der Waals surface area contributed by atoms with Gasteiger partial charge in [-0.3, -0.25) is 0 Å². The van der Waals surface area contributed by atoms with Crippen LogP contribution in [0.2, 0.25) is 0 Å². The summed E-state index contributed by atoms with van der Waals surface area (Å²) in [6, 6.07) is 0.643. The SMILES string of the molecule is CC(C)(C)OC(=O)NCCNC1CCCCC1. The van der Waals surface area contributed by atoms with Gasteiger partial charge in [-0.15, -0.1) is 0 Å². The van der Waals surface area contributed by atoms with Gasteiger partial charge in [0.05, 0.1) is 0 Å². The normalized spacial score (nSPS) is 17.8. The van der Waals surface area contributed by atoms with Crippen LogP contribution in [0.15, 0.2) is 0 Å². The Bertz CT molecular complexity index is 230. The highest BCUT2D eigenvalue weighted by Crippen LogP contribution is 2.16. The van der Waals surface area contributed by atoms with Crippen molar-refractivity contribution in [1.29, 1.82) is 0 Å². The van der Waals surface area contributed by atoms with Gasteiger partial charge in [-0.25, -0.2) is 4.79 Å². The molecule has 1 fully saturated rings. The van der Waals surface area contributed by atoms with Crippen LogP contribution in [0.4, 0.5) is 4.79 Å². The van der Waals surface area contributed by atoms with Crippen molar-refractivity contribution >= 4 is 6.09 Å². The Morgan fingerprint density at radius 1 is 1.18 bits per heavy atom. The molecule has 1 rings (SSSR count). The van der Waals surface area contributed by atoms with Gasteiger partial charge in [0.25, 0.3) is 0 Å². The van der Waals surface area contributed by atoms with Crippen molar-refractivity contribution in [2.24, 2.45) is 0 Å². The Morgan fingerprint density at radius 2 is 1.82 bits per heavy atom. The van der Waals surface area contributed by atoms with Crippen LogP contribution < -0.4 is 10.6 Å². The van der Waals surface area contributed by atoms with E-state index in [2.05, 4.69) is 10.6 Å². The third-order valence-corrected chi connectivity index (χ3v) is 2.83. The molecule has 0 saturated heterocycles. The monoisotopic (exact) mass is 242 g/mol. The van der Waals surface area contributed by atoms with Gasteiger partial charge in [0.2, 0.25) is 0 Å². The van der Waals surface area contributed by atoms with E-state index in [0.717, 1.165) is 6.54 Å². The number of carbonyl (C=O) groups excluding carboxylic acids is 1. The molecule has 0 heterocycles. The Balaban J connectivity index is 2.01. The maximum absolute atomic E-state index is 11.3. The molecule has 1 aliphatic rings. The van der Waals surface area contributed by atoms with Crippen LogP contribution in [0, 0.1) is 0 Å². The molecule has 0 unspecified atom stereocenters. The molecule has 100 valence electrons. The second kappa shape index (κ2) is 6.84. The lowest BCUT2D eigenvalue weighted by atomic mass is 9.95. The van der Waals surface area contributed by atoms with Gasteiger partial charge in [-0.05, 0) is 33.6 Å². The second-order valence-electron chi connectivity index (χ2n) is 5.72. The molecule has 2 N–H and O–H groups in total. The van der Waals surface area contributed by atoms with Crippen LogP contribution in [0.1, 0.15) is 52.9 Å². The molecule has 0 aromatic rings. The summed E-state index contributed by atoms with van der Waals surface area (Å²) in [6.45, 7) is 7.06. The standard InChI is InChI=1S/C13H26N2O2/c1-13(2,3)17-12(16)15-10-9-14-11-7-5-4-6-8-11/h11,14H,4-10H2,1-3H3,(H,15,16). The van der Waals surface area contributed by atoms with E-state index in [0.29, 0.717) is 12.6 Å². The first-order valence-corrected chi connectivity index (χ1v) is 6.67. The largest absolute Gasteiger partial charge is 0.444 e. The molecule has 1 aliphatic carbocycles. The Labute approximate surface area is 104 Å². The fourth-order valence-corrected chi connectivity index (χ4v) is 2.06. The number of hydrogen-bond donors (Lipinski definition) is 2. The fourth-order valence-electron chi connectivity index (χ4n) is 2.06. The van der Waals surface area contributed by atoms with E-state index in [1.54, 1.807) is 0 Å². The van der Waals surface area contributed by atoms with E-state index < -0.39 is 5.60 Å². The Hall–Kier alpha value is -0.770. The van der Waals surface area contributed by atoms with Crippen LogP contribution in [-0.4, -0.2) is 30.8 Å². The minimum absolute atomic E-state index is 0.331. The third-order valence-electron chi connectivity index (χ3n) is 2.83. The van der Waals surface area contributed by atoms with Gasteiger partial charge >= 0.3 is 6.09 Å². The van der Waals surface area contributed by atoms with Crippen molar-refractivity contribution in [3.8, 4) is 0 Å². The Kier molecular flexibility index (Phi) is 5.75. The minimum atomic E-state index is -0.416. The number of rotatable bonds is 4. The van der Waals surface area contributed by atoms with Crippen LogP contribution in [0.25, 0.3) is 0 Å². The molecule has 1 amide bonds. The molecular formula is C13H26N2O2. The quantitative estimate of drug-likeness (QED) is 0.744. The summed E-state index contributed by atoms with van der Waals surface area (Å²) < 4.78 is 5.15. The summed E-state index contributed by atoms with van der Waals surface area (Å²) in [6.07, 6.45) is 6.24. The molecule has 0 spiro atoms. The lowest BCUT2D eigenvalue weighted by Crippen LogP contribution is -2.39. The van der Waals surface area contributed by atoms with Crippen molar-refractivity contribution in [2.45, 2.75) is 64.5 Å². The summed E-state index contributed by atoms with van der Waals surface area (Å²) in [5.41, 5.74) is -0.416. The maximum atomic E-state index is 11.3. The predicted octanol–water partition coefficient (Wildman–Crippen LogP) is 2.43. The van der Waals surface area contributed by atoms with Gasteiger partial charge in [0.15, 0.2) is 0 Å². The summed E-state index contributed by atoms with van der Waals surface area (Å²) in [5, 5.41) is 6.22. The fraction of sp³-hybridized carbons (Fsp3) is 0.923. The van der Waals surface area contributed by atoms with Gasteiger partial charge < -0.3 is 15.4 Å². The molecule has 1 saturated carbocycles. The van der Waals surface area contributed by atoms with Crippen molar-refractivity contribution < 1.29 is 9.53 Å². The van der Waals surface area contributed by atoms with E-state index in [1.165, 1.54) is 32.1 Å². The smallest absolute Gasteiger partial charge is 0.407 e. The van der Waals surface area contributed by atoms with Gasteiger partial charge in [0, 0.05) is 19.1 Å². The first-order chi connectivity index (χ1) is 7.97. The maximum Gasteiger partial charge on any atom is 0.407 e. The van der Waals surface area contributed by atoms with Crippen LogP contribution in [-0.2, 0) is 4.74 Å². The number of nitrogens with one attached hydrogen (secondary N) is 2. The van der Waals surface area contributed by atoms with Crippen LogP contribution >= 0.6 is 0 Å². The molecule has 4 nitrogen and oxygen atoms in total. The minimum Gasteiger partial charge on any atom is -0.444 e. The molecule has 0 aliphatic heterocycles. The molecular weight excluding hydrogens is 216 g/mol. The average molecular weight is 242 g/mol. The van der Waals surface area contributed by atoms with Gasteiger partial charge in [-0.1, -0.05) is 19.3 Å². The number of ether oxygens (including phenoxy) is 1. The zero-order chi connectivity index (χ0) is 12.7. The average Bonchev–Trinajstić information content (AvgIpc) is 2.23. The van der Waals surface area contributed by atoms with E-state index in [1.807, 2.05) is 20.8 Å². The zero-order valence-corrected chi connectivity index (χ0v) is 11.3. The molecule has 0 aromatic heterocycles. The number of hydrogen-bond acceptors (Lipinski definition) is 3. The van der Waals surface area contributed by atoms with Crippen molar-refractivity contribution in [2.75, 3.05) is 13.1 Å². The molecule has 0 bridgehead atoms. The summed E-state index contributed by atoms with van der Waals surface area (Å²) >= 11 is 0. The Morgan fingerprint density at radius 3 is 2.41 bits per heavy atom. The highest BCUT2D eigenvalue weighted by molar-refractivity contribution is 5.67. The van der Waals surface area contributed by atoms with Crippen molar-refractivity contribution in [3.63, 3.8) is 0 Å². The molecule has 4 heteroatoms. The van der Waals surface area contributed by atoms with Crippen LogP contribution in [0.5, 0.6) is 0 Å². The lowest BCUT2D eigenvalue weighted by Gasteiger charge is -2.23. The molecule has 0 aromatic carbocycles. The number of carbonyl (C=O) groups is 1. The molecule has 17 heavy (non-hydrogen) atoms. The first-order valence-electron chi connectivity index (χ1n) is 6.67. The third kappa shape index (κ3) is 7.21. The first kappa shape index (κ1) is 14.3. The van der Waals surface area contributed by atoms with E-state index in [-0.39, 0.29) is 6.09 Å². The summed E-state index contributed by atoms with van der Waals surface area (Å²) in [5.74, 6) is 0. The topological polar surface area (TPSA) is 50.4 Å². The molecule has 0 radical (unpaired) electrons. The number of amides is 1. The predicted molar refractivity (Wildman–Crippen MR) is 69.1 cm³/mol. The lowest BCUT2D eigenvalue weighted by molar-refractivity contribution is 0.0527. The van der Waals surface area contributed by atoms with Crippen molar-refractivity contribution in [1.82, 2.24) is 10.6 Å². The van der Waals surface area contributed by atoms with E-state index in [4.69, 9.17) is 4.74 Å². The van der Waals surface area contributed by atoms with E-state index in [9.17, 15) is 4.79 Å². The highest BCUT2D eigenvalue weighted by Gasteiger charge is 2.16. The number of alkyl carbamates (subject to hydrolysis) is 1. The second-order valence-corrected chi connectivity index (χ2v) is 5.72. The summed E-state index contributed by atoms with van der Waals surface area (Å²) in [7, 11) is 0. The van der Waals surface area contributed by atoms with Gasteiger partial charge in [-0.2, -0.15) is 0 Å². The van der Waals surface area contributed by atoms with Gasteiger partial charge in [0.1, 0.15) is 5.60 Å². The highest BCUT2D eigenvalue weighted by atomic mass is 16.6. The van der Waals surface area contributed by atoms with Crippen LogP contribution in [0.3, 0.4) is 0 Å². The van der Waals surface area contributed by atoms with Crippen molar-refractivity contribution in [3.05, 3.63) is 0 Å². The summed E-state index contributed by atoms with van der Waals surface area (Å²) in [4.78, 5) is 11.3. The zero-order valence-electron chi connectivity index (χ0n) is 11.3. The van der Waals surface area contributed by atoms with E-state index >= 15 is 0 Å². The molecule has 0 atom stereocenters.